The molecular formula is C13H20N2O2S. The lowest BCUT2D eigenvalue weighted by Gasteiger charge is -2.34. The van der Waals surface area contributed by atoms with Crippen molar-refractivity contribution in [1.29, 1.82) is 0 Å². The van der Waals surface area contributed by atoms with Crippen molar-refractivity contribution in [3.63, 3.8) is 0 Å². The number of aryl methyl sites for hydroxylation is 1. The van der Waals surface area contributed by atoms with Gasteiger partial charge in [-0.05, 0) is 45.0 Å². The molecule has 1 saturated heterocycles. The molecule has 2 rings (SSSR count). The zero-order valence-electron chi connectivity index (χ0n) is 10.9. The van der Waals surface area contributed by atoms with Crippen LogP contribution in [0.5, 0.6) is 0 Å². The van der Waals surface area contributed by atoms with Gasteiger partial charge in [-0.2, -0.15) is 0 Å². The molecule has 0 aromatic carbocycles. The Hall–Kier alpha value is -0.910. The molecule has 1 fully saturated rings. The highest BCUT2D eigenvalue weighted by atomic mass is 32.1. The molecule has 0 aliphatic carbocycles. The predicted octanol–water partition coefficient (Wildman–Crippen LogP) is 1.44. The van der Waals surface area contributed by atoms with Gasteiger partial charge in [-0.1, -0.05) is 0 Å². The van der Waals surface area contributed by atoms with Crippen LogP contribution in [-0.4, -0.2) is 31.7 Å². The molecule has 1 aromatic rings. The highest BCUT2D eigenvalue weighted by molar-refractivity contribution is 7.11. The first kappa shape index (κ1) is 13.5. The van der Waals surface area contributed by atoms with Crippen molar-refractivity contribution in [3.8, 4) is 0 Å². The van der Waals surface area contributed by atoms with Gasteiger partial charge < -0.3 is 15.4 Å². The minimum atomic E-state index is -0.641. The Labute approximate surface area is 112 Å². The van der Waals surface area contributed by atoms with Gasteiger partial charge >= 0.3 is 0 Å². The second-order valence-corrected chi connectivity index (χ2v) is 6.02. The summed E-state index contributed by atoms with van der Waals surface area (Å²) in [5.74, 6) is 0.0116. The highest BCUT2D eigenvalue weighted by Gasteiger charge is 2.39. The van der Waals surface area contributed by atoms with Gasteiger partial charge in [0.05, 0.1) is 6.54 Å². The van der Waals surface area contributed by atoms with Gasteiger partial charge in [0.25, 0.3) is 5.91 Å². The topological polar surface area (TPSA) is 50.4 Å². The first-order valence-electron chi connectivity index (χ1n) is 6.26. The molecule has 0 unspecified atom stereocenters. The fourth-order valence-electron chi connectivity index (χ4n) is 2.26. The van der Waals surface area contributed by atoms with Crippen molar-refractivity contribution < 1.29 is 9.53 Å². The minimum absolute atomic E-state index is 0.0116. The van der Waals surface area contributed by atoms with Crippen LogP contribution in [-0.2, 0) is 16.1 Å². The van der Waals surface area contributed by atoms with E-state index in [4.69, 9.17) is 4.74 Å². The summed E-state index contributed by atoms with van der Waals surface area (Å²) in [6.07, 6.45) is 1.47. The minimum Gasteiger partial charge on any atom is -0.368 e. The van der Waals surface area contributed by atoms with Gasteiger partial charge in [0.1, 0.15) is 5.60 Å². The van der Waals surface area contributed by atoms with Gasteiger partial charge in [-0.3, -0.25) is 4.79 Å². The van der Waals surface area contributed by atoms with Crippen molar-refractivity contribution in [1.82, 2.24) is 10.6 Å². The van der Waals surface area contributed by atoms with Gasteiger partial charge in [0.15, 0.2) is 0 Å². The third-order valence-electron chi connectivity index (χ3n) is 3.43. The maximum absolute atomic E-state index is 12.3. The normalized spacial score (nSPS) is 18.6. The number of methoxy groups -OCH3 is 1. The first-order chi connectivity index (χ1) is 8.66. The summed E-state index contributed by atoms with van der Waals surface area (Å²) in [6.45, 7) is 4.33. The summed E-state index contributed by atoms with van der Waals surface area (Å²) in [5.41, 5.74) is -0.641. The van der Waals surface area contributed by atoms with Crippen molar-refractivity contribution in [2.24, 2.45) is 0 Å². The Morgan fingerprint density at radius 2 is 2.22 bits per heavy atom. The molecule has 0 radical (unpaired) electrons. The molecule has 1 aromatic heterocycles. The Morgan fingerprint density at radius 3 is 2.78 bits per heavy atom. The smallest absolute Gasteiger partial charge is 0.252 e. The maximum atomic E-state index is 12.3. The number of carbonyl (C=O) groups excluding carboxylic acids is 1. The van der Waals surface area contributed by atoms with Crippen LogP contribution in [0.2, 0.25) is 0 Å². The fraction of sp³-hybridized carbons (Fsp3) is 0.615. The summed E-state index contributed by atoms with van der Waals surface area (Å²) >= 11 is 1.72. The van der Waals surface area contributed by atoms with E-state index >= 15 is 0 Å². The summed E-state index contributed by atoms with van der Waals surface area (Å²) in [7, 11) is 1.63. The second-order valence-electron chi connectivity index (χ2n) is 4.64. The number of piperidine rings is 1. The van der Waals surface area contributed by atoms with Crippen LogP contribution in [0.4, 0.5) is 0 Å². The van der Waals surface area contributed by atoms with E-state index in [9.17, 15) is 4.79 Å². The molecule has 0 saturated carbocycles. The molecule has 100 valence electrons. The molecule has 0 atom stereocenters. The molecule has 0 spiro atoms. The molecule has 2 N–H and O–H groups in total. The average molecular weight is 268 g/mol. The first-order valence-corrected chi connectivity index (χ1v) is 7.07. The van der Waals surface area contributed by atoms with Crippen LogP contribution < -0.4 is 10.6 Å². The van der Waals surface area contributed by atoms with E-state index < -0.39 is 5.60 Å². The van der Waals surface area contributed by atoms with Crippen LogP contribution in [0.3, 0.4) is 0 Å². The highest BCUT2D eigenvalue weighted by Crippen LogP contribution is 2.23. The van der Waals surface area contributed by atoms with Gasteiger partial charge in [0.2, 0.25) is 0 Å². The van der Waals surface area contributed by atoms with E-state index in [1.54, 1.807) is 18.4 Å². The van der Waals surface area contributed by atoms with Crippen LogP contribution in [0.25, 0.3) is 0 Å². The zero-order chi connectivity index (χ0) is 13.0. The van der Waals surface area contributed by atoms with Crippen molar-refractivity contribution >= 4 is 17.2 Å². The number of hydrogen-bond donors (Lipinski definition) is 2. The molecular weight excluding hydrogens is 248 g/mol. The third-order valence-corrected chi connectivity index (χ3v) is 4.44. The standard InChI is InChI=1S/C13H20N2O2S/c1-10-3-4-11(18-10)9-15-12(16)13(17-2)5-7-14-8-6-13/h3-4,14H,5-9H2,1-2H3,(H,15,16). The monoisotopic (exact) mass is 268 g/mol. The molecule has 2 heterocycles. The van der Waals surface area contributed by atoms with Crippen LogP contribution in [0.1, 0.15) is 22.6 Å². The zero-order valence-corrected chi connectivity index (χ0v) is 11.7. The Morgan fingerprint density at radius 1 is 1.50 bits per heavy atom. The Bertz CT molecular complexity index is 411. The van der Waals surface area contributed by atoms with E-state index in [0.29, 0.717) is 6.54 Å². The van der Waals surface area contributed by atoms with Crippen LogP contribution in [0.15, 0.2) is 12.1 Å². The summed E-state index contributed by atoms with van der Waals surface area (Å²) in [4.78, 5) is 14.7. The summed E-state index contributed by atoms with van der Waals surface area (Å²) in [5, 5.41) is 6.24. The molecule has 1 aliphatic heterocycles. The largest absolute Gasteiger partial charge is 0.368 e. The van der Waals surface area contributed by atoms with E-state index in [1.165, 1.54) is 9.75 Å². The van der Waals surface area contributed by atoms with E-state index in [-0.39, 0.29) is 5.91 Å². The lowest BCUT2D eigenvalue weighted by Crippen LogP contribution is -2.53. The van der Waals surface area contributed by atoms with Crippen LogP contribution in [0, 0.1) is 6.92 Å². The average Bonchev–Trinajstić information content (AvgIpc) is 2.82. The second kappa shape index (κ2) is 5.82. The lowest BCUT2D eigenvalue weighted by molar-refractivity contribution is -0.146. The van der Waals surface area contributed by atoms with Crippen LogP contribution >= 0.6 is 11.3 Å². The number of amides is 1. The number of thiophene rings is 1. The number of nitrogens with one attached hydrogen (secondary N) is 2. The number of carbonyl (C=O) groups is 1. The van der Waals surface area contributed by atoms with Crippen molar-refractivity contribution in [3.05, 3.63) is 21.9 Å². The van der Waals surface area contributed by atoms with E-state index in [1.807, 2.05) is 0 Å². The van der Waals surface area contributed by atoms with Gasteiger partial charge in [-0.25, -0.2) is 0 Å². The maximum Gasteiger partial charge on any atom is 0.252 e. The number of hydrogen-bond acceptors (Lipinski definition) is 4. The van der Waals surface area contributed by atoms with E-state index in [2.05, 4.69) is 29.7 Å². The Kier molecular flexibility index (Phi) is 4.37. The Balaban J connectivity index is 1.93. The molecule has 1 amide bonds. The molecule has 4 nitrogen and oxygen atoms in total. The van der Waals surface area contributed by atoms with Crippen molar-refractivity contribution in [2.75, 3.05) is 20.2 Å². The molecule has 1 aliphatic rings. The molecule has 5 heteroatoms. The van der Waals surface area contributed by atoms with Gasteiger partial charge in [0, 0.05) is 16.9 Å². The number of ether oxygens (including phenoxy) is 1. The fourth-order valence-corrected chi connectivity index (χ4v) is 3.09. The quantitative estimate of drug-likeness (QED) is 0.869. The molecule has 18 heavy (non-hydrogen) atoms. The molecule has 0 bridgehead atoms. The lowest BCUT2D eigenvalue weighted by atomic mass is 9.91. The van der Waals surface area contributed by atoms with Crippen molar-refractivity contribution in [2.45, 2.75) is 31.9 Å². The van der Waals surface area contributed by atoms with Gasteiger partial charge in [-0.15, -0.1) is 11.3 Å². The third kappa shape index (κ3) is 2.91. The summed E-state index contributed by atoms with van der Waals surface area (Å²) in [6, 6.07) is 4.13. The number of rotatable bonds is 4. The van der Waals surface area contributed by atoms with E-state index in [0.717, 1.165) is 25.9 Å². The predicted molar refractivity (Wildman–Crippen MR) is 72.7 cm³/mol. The summed E-state index contributed by atoms with van der Waals surface area (Å²) < 4.78 is 5.49. The SMILES string of the molecule is COC1(C(=O)NCc2ccc(C)s2)CCNCC1.